The highest BCUT2D eigenvalue weighted by Gasteiger charge is 2.21. The molecule has 4 aromatic rings. The number of thiazole rings is 1. The maximum absolute atomic E-state index is 11.4. The minimum atomic E-state index is -0.814. The number of nitrogens with one attached hydrogen (secondary N) is 1. The molecule has 11 heteroatoms. The molecule has 4 heterocycles. The molecule has 1 aromatic carbocycles. The van der Waals surface area contributed by atoms with Gasteiger partial charge in [0.05, 0.1) is 24.3 Å². The normalized spacial score (nSPS) is 14.1. The highest BCUT2D eigenvalue weighted by molar-refractivity contribution is 7.14. The van der Waals surface area contributed by atoms with Crippen molar-refractivity contribution in [2.24, 2.45) is 0 Å². The maximum Gasteiger partial charge on any atom is 0.515 e. The molecule has 0 unspecified atom stereocenters. The second-order valence-corrected chi connectivity index (χ2v) is 9.64. The van der Waals surface area contributed by atoms with E-state index in [9.17, 15) is 10.1 Å². The number of piperazine rings is 1. The molecular formula is C26H28N6O4S. The molecule has 192 valence electrons. The van der Waals surface area contributed by atoms with Gasteiger partial charge in [0.15, 0.2) is 10.9 Å². The van der Waals surface area contributed by atoms with Crippen LogP contribution in [0.4, 0.5) is 9.93 Å². The molecule has 0 saturated carbocycles. The molecule has 1 fully saturated rings. The van der Waals surface area contributed by atoms with Crippen molar-refractivity contribution in [3.8, 4) is 23.4 Å². The topological polar surface area (TPSA) is 121 Å². The minimum absolute atomic E-state index is 0.0493. The van der Waals surface area contributed by atoms with Gasteiger partial charge < -0.3 is 23.9 Å². The number of rotatable bonds is 9. The number of aromatic nitrogens is 3. The summed E-state index contributed by atoms with van der Waals surface area (Å²) in [5.41, 5.74) is 3.73. The van der Waals surface area contributed by atoms with Gasteiger partial charge in [-0.25, -0.2) is 9.78 Å². The Bertz CT molecular complexity index is 1400. The molecule has 3 aromatic heterocycles. The third-order valence-electron chi connectivity index (χ3n) is 6.39. The van der Waals surface area contributed by atoms with Crippen molar-refractivity contribution in [3.63, 3.8) is 0 Å². The fourth-order valence-corrected chi connectivity index (χ4v) is 5.32. The molecule has 10 nitrogen and oxygen atoms in total. The number of anilines is 1. The van der Waals surface area contributed by atoms with Gasteiger partial charge in [0.1, 0.15) is 5.69 Å². The Morgan fingerprint density at radius 2 is 2.11 bits per heavy atom. The molecule has 1 aliphatic heterocycles. The lowest BCUT2D eigenvalue weighted by atomic mass is 10.1. The molecule has 0 radical (unpaired) electrons. The van der Waals surface area contributed by atoms with Crippen LogP contribution in [0.25, 0.3) is 22.4 Å². The van der Waals surface area contributed by atoms with Gasteiger partial charge in [0.2, 0.25) is 0 Å². The predicted molar refractivity (Wildman–Crippen MR) is 140 cm³/mol. The fraction of sp³-hybridized carbons (Fsp3) is 0.385. The number of H-pyrrole nitrogens is 1. The van der Waals surface area contributed by atoms with Gasteiger partial charge in [0, 0.05) is 48.7 Å². The van der Waals surface area contributed by atoms with Crippen molar-refractivity contribution in [2.75, 3.05) is 44.2 Å². The molecular weight excluding hydrogens is 492 g/mol. The van der Waals surface area contributed by atoms with E-state index < -0.39 is 6.16 Å². The van der Waals surface area contributed by atoms with Gasteiger partial charge in [0.25, 0.3) is 5.88 Å². The van der Waals surface area contributed by atoms with Crippen molar-refractivity contribution in [1.82, 2.24) is 20.0 Å². The highest BCUT2D eigenvalue weighted by atomic mass is 32.1. The van der Waals surface area contributed by atoms with E-state index in [0.29, 0.717) is 17.0 Å². The average molecular weight is 521 g/mol. The second-order valence-electron chi connectivity index (χ2n) is 8.80. The van der Waals surface area contributed by atoms with E-state index in [1.807, 2.05) is 23.6 Å². The molecule has 0 amide bonds. The number of unbranched alkanes of at least 4 members (excludes halogenated alkanes) is 1. The van der Waals surface area contributed by atoms with Crippen LogP contribution in [0.1, 0.15) is 30.9 Å². The van der Waals surface area contributed by atoms with Crippen LogP contribution >= 0.6 is 11.3 Å². The Balaban J connectivity index is 1.06. The summed E-state index contributed by atoms with van der Waals surface area (Å²) < 4.78 is 15.0. The van der Waals surface area contributed by atoms with E-state index in [4.69, 9.17) is 19.0 Å². The summed E-state index contributed by atoms with van der Waals surface area (Å²) in [6.07, 6.45) is 4.50. The van der Waals surface area contributed by atoms with E-state index in [0.717, 1.165) is 68.0 Å². The summed E-state index contributed by atoms with van der Waals surface area (Å²) in [6, 6.07) is 9.56. The molecule has 37 heavy (non-hydrogen) atoms. The Morgan fingerprint density at radius 3 is 2.92 bits per heavy atom. The first-order valence-electron chi connectivity index (χ1n) is 12.4. The Labute approximate surface area is 218 Å². The molecule has 1 saturated heterocycles. The number of hydrogen-bond acceptors (Lipinski definition) is 10. The van der Waals surface area contributed by atoms with Crippen molar-refractivity contribution in [1.29, 1.82) is 5.26 Å². The zero-order valence-corrected chi connectivity index (χ0v) is 21.4. The summed E-state index contributed by atoms with van der Waals surface area (Å²) in [5.74, 6) is 0.493. The Morgan fingerprint density at radius 1 is 1.24 bits per heavy atom. The van der Waals surface area contributed by atoms with Crippen molar-refractivity contribution >= 4 is 33.5 Å². The number of fused-ring (bicyclic) bond motifs is 1. The summed E-state index contributed by atoms with van der Waals surface area (Å²) in [4.78, 5) is 24.2. The Hall–Kier alpha value is -3.88. The lowest BCUT2D eigenvalue weighted by Gasteiger charge is -2.34. The van der Waals surface area contributed by atoms with Gasteiger partial charge in [-0.05, 0) is 61.7 Å². The Kier molecular flexibility index (Phi) is 7.67. The smallest absolute Gasteiger partial charge is 0.434 e. The van der Waals surface area contributed by atoms with Gasteiger partial charge in [-0.3, -0.25) is 4.90 Å². The number of benzene rings is 1. The van der Waals surface area contributed by atoms with E-state index >= 15 is 0 Å². The first-order valence-corrected chi connectivity index (χ1v) is 13.3. The van der Waals surface area contributed by atoms with Crippen molar-refractivity contribution in [3.05, 3.63) is 47.0 Å². The van der Waals surface area contributed by atoms with E-state index in [2.05, 4.69) is 32.2 Å². The lowest BCUT2D eigenvalue weighted by Crippen LogP contribution is -2.46. The first-order chi connectivity index (χ1) is 18.1. The average Bonchev–Trinajstić information content (AvgIpc) is 3.67. The van der Waals surface area contributed by atoms with Gasteiger partial charge in [-0.2, -0.15) is 5.26 Å². The summed E-state index contributed by atoms with van der Waals surface area (Å²) in [5, 5.41) is 16.9. The fourth-order valence-electron chi connectivity index (χ4n) is 4.45. The second kappa shape index (κ2) is 11.5. The number of aryl methyl sites for hydroxylation is 1. The van der Waals surface area contributed by atoms with Gasteiger partial charge in [-0.15, -0.1) is 11.3 Å². The number of ether oxygens (including phenoxy) is 2. The van der Waals surface area contributed by atoms with Crippen LogP contribution < -0.4 is 9.64 Å². The van der Waals surface area contributed by atoms with Gasteiger partial charge >= 0.3 is 6.16 Å². The predicted octanol–water partition coefficient (Wildman–Crippen LogP) is 4.83. The first kappa shape index (κ1) is 24.8. The van der Waals surface area contributed by atoms with E-state index in [1.165, 1.54) is 11.6 Å². The van der Waals surface area contributed by atoms with Crippen LogP contribution in [0, 0.1) is 11.3 Å². The lowest BCUT2D eigenvalue weighted by molar-refractivity contribution is 0.101. The molecule has 1 N–H and O–H groups in total. The third kappa shape index (κ3) is 5.93. The van der Waals surface area contributed by atoms with Crippen LogP contribution in [0.15, 0.2) is 40.4 Å². The molecule has 1 aliphatic rings. The monoisotopic (exact) mass is 520 g/mol. The zero-order valence-electron chi connectivity index (χ0n) is 20.6. The van der Waals surface area contributed by atoms with Crippen LogP contribution in [0.3, 0.4) is 0 Å². The third-order valence-corrected chi connectivity index (χ3v) is 7.29. The standard InChI is InChI=1S/C26H28N6O4S/c1-2-34-26(33)35-24-14-23(36-30-24)22-17-37-25(29-22)32-11-9-31(10-12-32)8-4-3-5-19-16-28-21-7-6-18(15-27)13-20(19)21/h6-7,13-14,16-17,28H,2-5,8-12H2,1H3. The number of nitrogens with zero attached hydrogens (tertiary/aromatic N) is 5. The number of carbonyl (C=O) groups excluding carboxylic acids is 1. The quantitative estimate of drug-likeness (QED) is 0.244. The van der Waals surface area contributed by atoms with Crippen LogP contribution in [0.2, 0.25) is 0 Å². The van der Waals surface area contributed by atoms with Crippen LogP contribution in [0.5, 0.6) is 5.88 Å². The maximum atomic E-state index is 11.4. The zero-order chi connectivity index (χ0) is 25.6. The number of aromatic amines is 1. The number of nitriles is 1. The molecule has 0 aliphatic carbocycles. The SMILES string of the molecule is CCOC(=O)Oc1cc(-c2csc(N3CCN(CCCCc4c[nH]c5ccc(C#N)cc45)CC3)n2)on1. The largest absolute Gasteiger partial charge is 0.515 e. The van der Waals surface area contributed by atoms with Crippen LogP contribution in [-0.4, -0.2) is 65.5 Å². The minimum Gasteiger partial charge on any atom is -0.434 e. The number of carbonyl (C=O) groups is 1. The van der Waals surface area contributed by atoms with Crippen molar-refractivity contribution in [2.45, 2.75) is 26.2 Å². The van der Waals surface area contributed by atoms with E-state index in [1.54, 1.807) is 18.3 Å². The van der Waals surface area contributed by atoms with E-state index in [-0.39, 0.29) is 12.5 Å². The molecule has 0 spiro atoms. The summed E-state index contributed by atoms with van der Waals surface area (Å²) in [7, 11) is 0. The number of hydrogen-bond donors (Lipinski definition) is 1. The molecule has 5 rings (SSSR count). The molecule has 0 atom stereocenters. The van der Waals surface area contributed by atoms with Crippen molar-refractivity contribution < 1.29 is 18.8 Å². The highest BCUT2D eigenvalue weighted by Crippen LogP contribution is 2.30. The van der Waals surface area contributed by atoms with Gasteiger partial charge in [-0.1, -0.05) is 0 Å². The van der Waals surface area contributed by atoms with Crippen LogP contribution in [-0.2, 0) is 11.2 Å². The summed E-state index contributed by atoms with van der Waals surface area (Å²) in [6.45, 7) is 6.82. The molecule has 0 bridgehead atoms. The summed E-state index contributed by atoms with van der Waals surface area (Å²) >= 11 is 1.56.